The third-order valence-corrected chi connectivity index (χ3v) is 4.46. The summed E-state index contributed by atoms with van der Waals surface area (Å²) in [6.07, 6.45) is 4.16. The van der Waals surface area contributed by atoms with E-state index in [0.717, 1.165) is 11.8 Å². The van der Waals surface area contributed by atoms with Crippen LogP contribution in [0.2, 0.25) is 19.6 Å². The van der Waals surface area contributed by atoms with E-state index in [-0.39, 0.29) is 0 Å². The summed E-state index contributed by atoms with van der Waals surface area (Å²) in [6.45, 7) is 9.29. The molecule has 2 rings (SSSR count). The van der Waals surface area contributed by atoms with Crippen molar-refractivity contribution in [2.75, 3.05) is 0 Å². The Hall–Kier alpha value is 0.177. The normalized spacial score (nSPS) is 46.0. The molecule has 0 heterocycles. The van der Waals surface area contributed by atoms with Gasteiger partial charge in [0.1, 0.15) is 0 Å². The Morgan fingerprint density at radius 2 is 2.00 bits per heavy atom. The first-order valence-corrected chi connectivity index (χ1v) is 8.57. The van der Waals surface area contributed by atoms with Gasteiger partial charge in [0.05, 0.1) is 5.60 Å². The van der Waals surface area contributed by atoms with Crippen LogP contribution in [0.1, 0.15) is 26.2 Å². The Kier molecular flexibility index (Phi) is 1.72. The van der Waals surface area contributed by atoms with E-state index in [1.54, 1.807) is 0 Å². The average Bonchev–Trinajstić information content (AvgIpc) is 2.36. The molecule has 2 aliphatic rings. The lowest BCUT2D eigenvalue weighted by Crippen LogP contribution is -2.34. The highest BCUT2D eigenvalue weighted by molar-refractivity contribution is 6.69. The van der Waals surface area contributed by atoms with Crippen molar-refractivity contribution in [1.82, 2.24) is 0 Å². The fraction of sp³-hybridized carbons (Fsp3) is 1.00. The highest BCUT2D eigenvalue weighted by atomic mass is 28.4. The molecule has 0 aliphatic heterocycles. The highest BCUT2D eigenvalue weighted by Gasteiger charge is 2.66. The molecule has 0 radical (unpaired) electrons. The van der Waals surface area contributed by atoms with Gasteiger partial charge < -0.3 is 4.43 Å². The van der Waals surface area contributed by atoms with Gasteiger partial charge in [-0.05, 0) is 44.3 Å². The zero-order valence-electron chi connectivity index (χ0n) is 8.68. The number of hydrogen-bond donors (Lipinski definition) is 0. The lowest BCUT2D eigenvalue weighted by atomic mass is 10.1. The van der Waals surface area contributed by atoms with Crippen LogP contribution in [0.5, 0.6) is 0 Å². The largest absolute Gasteiger partial charge is 0.412 e. The Labute approximate surface area is 76.6 Å². The minimum atomic E-state index is -1.29. The van der Waals surface area contributed by atoms with Crippen LogP contribution in [0.25, 0.3) is 0 Å². The van der Waals surface area contributed by atoms with E-state index in [1.807, 2.05) is 0 Å². The van der Waals surface area contributed by atoms with E-state index in [2.05, 4.69) is 26.6 Å². The van der Waals surface area contributed by atoms with E-state index in [4.69, 9.17) is 4.43 Å². The molecule has 0 unspecified atom stereocenters. The second-order valence-electron chi connectivity index (χ2n) is 5.46. The van der Waals surface area contributed by atoms with Gasteiger partial charge in [-0.15, -0.1) is 0 Å². The van der Waals surface area contributed by atoms with E-state index in [1.165, 1.54) is 19.3 Å². The predicted molar refractivity (Wildman–Crippen MR) is 53.7 cm³/mol. The summed E-state index contributed by atoms with van der Waals surface area (Å²) in [5, 5.41) is 0. The molecule has 3 atom stereocenters. The first-order chi connectivity index (χ1) is 5.46. The molecule has 2 fully saturated rings. The van der Waals surface area contributed by atoms with Crippen LogP contribution in [0.4, 0.5) is 0 Å². The lowest BCUT2D eigenvalue weighted by Gasteiger charge is -2.26. The van der Waals surface area contributed by atoms with Gasteiger partial charge in [0.25, 0.3) is 0 Å². The molecule has 0 bridgehead atoms. The van der Waals surface area contributed by atoms with Gasteiger partial charge in [0, 0.05) is 0 Å². The summed E-state index contributed by atoms with van der Waals surface area (Å²) in [6, 6.07) is 0. The van der Waals surface area contributed by atoms with Crippen LogP contribution in [-0.2, 0) is 4.43 Å². The molecular weight excluding hydrogens is 164 g/mol. The Bertz CT molecular complexity index is 197. The minimum Gasteiger partial charge on any atom is -0.412 e. The van der Waals surface area contributed by atoms with Crippen LogP contribution in [0, 0.1) is 11.8 Å². The zero-order valence-corrected chi connectivity index (χ0v) is 9.68. The van der Waals surface area contributed by atoms with E-state index in [0.29, 0.717) is 5.60 Å². The van der Waals surface area contributed by atoms with Crippen molar-refractivity contribution in [3.8, 4) is 0 Å². The molecule has 2 heteroatoms. The molecule has 12 heavy (non-hydrogen) atoms. The molecule has 0 saturated heterocycles. The average molecular weight is 184 g/mol. The SMILES string of the molecule is C[C@@H]1[C@H]2CCC[C@@]12O[Si](C)(C)C. The van der Waals surface area contributed by atoms with E-state index < -0.39 is 8.32 Å². The van der Waals surface area contributed by atoms with Crippen molar-refractivity contribution in [2.24, 2.45) is 11.8 Å². The molecular formula is C10H20OSi. The predicted octanol–water partition coefficient (Wildman–Crippen LogP) is 3.03. The minimum absolute atomic E-state index is 0.366. The van der Waals surface area contributed by atoms with Crippen molar-refractivity contribution >= 4 is 8.32 Å². The van der Waals surface area contributed by atoms with Crippen LogP contribution in [0.15, 0.2) is 0 Å². The summed E-state index contributed by atoms with van der Waals surface area (Å²) in [5.41, 5.74) is 0.366. The first-order valence-electron chi connectivity index (χ1n) is 5.16. The maximum Gasteiger partial charge on any atom is 0.184 e. The molecule has 2 aliphatic carbocycles. The van der Waals surface area contributed by atoms with Gasteiger partial charge >= 0.3 is 0 Å². The molecule has 0 aromatic heterocycles. The summed E-state index contributed by atoms with van der Waals surface area (Å²) < 4.78 is 6.31. The zero-order chi connectivity index (χ0) is 8.98. The molecule has 0 spiro atoms. The quantitative estimate of drug-likeness (QED) is 0.599. The first kappa shape index (κ1) is 8.76. The van der Waals surface area contributed by atoms with Crippen LogP contribution < -0.4 is 0 Å². The Morgan fingerprint density at radius 1 is 1.33 bits per heavy atom. The van der Waals surface area contributed by atoms with E-state index in [9.17, 15) is 0 Å². The summed E-state index contributed by atoms with van der Waals surface area (Å²) >= 11 is 0. The summed E-state index contributed by atoms with van der Waals surface area (Å²) in [7, 11) is -1.29. The Balaban J connectivity index is 2.04. The second kappa shape index (κ2) is 2.35. The van der Waals surface area contributed by atoms with Gasteiger partial charge in [-0.1, -0.05) is 13.3 Å². The molecule has 0 N–H and O–H groups in total. The third kappa shape index (κ3) is 1.16. The van der Waals surface area contributed by atoms with Crippen molar-refractivity contribution < 1.29 is 4.43 Å². The van der Waals surface area contributed by atoms with Crippen molar-refractivity contribution in [3.05, 3.63) is 0 Å². The second-order valence-corrected chi connectivity index (χ2v) is 9.89. The fourth-order valence-corrected chi connectivity index (χ4v) is 4.57. The maximum absolute atomic E-state index is 6.31. The summed E-state index contributed by atoms with van der Waals surface area (Å²) in [5.74, 6) is 1.78. The van der Waals surface area contributed by atoms with Gasteiger partial charge in [-0.2, -0.15) is 0 Å². The molecule has 0 aromatic rings. The monoisotopic (exact) mass is 184 g/mol. The topological polar surface area (TPSA) is 9.23 Å². The lowest BCUT2D eigenvalue weighted by molar-refractivity contribution is 0.148. The van der Waals surface area contributed by atoms with Gasteiger partial charge in [-0.25, -0.2) is 0 Å². The molecule has 1 nitrogen and oxygen atoms in total. The smallest absolute Gasteiger partial charge is 0.184 e. The third-order valence-electron chi connectivity index (χ3n) is 3.47. The van der Waals surface area contributed by atoms with Crippen molar-refractivity contribution in [3.63, 3.8) is 0 Å². The highest BCUT2D eigenvalue weighted by Crippen LogP contribution is 2.63. The molecule has 0 aromatic carbocycles. The summed E-state index contributed by atoms with van der Waals surface area (Å²) in [4.78, 5) is 0. The van der Waals surface area contributed by atoms with Crippen LogP contribution in [-0.4, -0.2) is 13.9 Å². The fourth-order valence-electron chi connectivity index (χ4n) is 2.99. The van der Waals surface area contributed by atoms with Crippen LogP contribution >= 0.6 is 0 Å². The molecule has 2 saturated carbocycles. The number of fused-ring (bicyclic) bond motifs is 1. The van der Waals surface area contributed by atoms with Gasteiger partial charge in [-0.3, -0.25) is 0 Å². The molecule has 0 amide bonds. The van der Waals surface area contributed by atoms with Gasteiger partial charge in [0.2, 0.25) is 0 Å². The van der Waals surface area contributed by atoms with Crippen molar-refractivity contribution in [1.29, 1.82) is 0 Å². The Morgan fingerprint density at radius 3 is 2.42 bits per heavy atom. The number of rotatable bonds is 2. The van der Waals surface area contributed by atoms with E-state index >= 15 is 0 Å². The standard InChI is InChI=1S/C10H20OSi/c1-8-9-6-5-7-10(8,9)11-12(2,3)4/h8-9H,5-7H2,1-4H3/t8-,9-,10-/m1/s1. The van der Waals surface area contributed by atoms with Gasteiger partial charge in [0.15, 0.2) is 8.32 Å². The van der Waals surface area contributed by atoms with Crippen LogP contribution in [0.3, 0.4) is 0 Å². The molecule has 70 valence electrons. The van der Waals surface area contributed by atoms with Crippen molar-refractivity contribution in [2.45, 2.75) is 51.4 Å². The maximum atomic E-state index is 6.31. The number of hydrogen-bond acceptors (Lipinski definition) is 1.